The molecule has 0 aliphatic heterocycles. The van der Waals surface area contributed by atoms with Gasteiger partial charge in [0.25, 0.3) is 0 Å². The summed E-state index contributed by atoms with van der Waals surface area (Å²) in [5.74, 6) is 4.82. The van der Waals surface area contributed by atoms with E-state index in [9.17, 15) is 5.11 Å². The van der Waals surface area contributed by atoms with Gasteiger partial charge in [0.1, 0.15) is 6.61 Å². The molecule has 1 atom stereocenters. The van der Waals surface area contributed by atoms with Crippen LogP contribution in [0.3, 0.4) is 0 Å². The van der Waals surface area contributed by atoms with E-state index in [-0.39, 0.29) is 13.2 Å². The predicted octanol–water partition coefficient (Wildman–Crippen LogP) is 2.86. The molecule has 0 aliphatic carbocycles. The monoisotopic (exact) mass is 495 g/mol. The quantitative estimate of drug-likeness (QED) is 0.252. The fourth-order valence-corrected chi connectivity index (χ4v) is 3.77. The summed E-state index contributed by atoms with van der Waals surface area (Å²) in [6.07, 6.45) is 5.92. The molecule has 0 radical (unpaired) electrons. The minimum Gasteiger partial charge on any atom is -0.493 e. The highest BCUT2D eigenvalue weighted by atomic mass is 16.5. The summed E-state index contributed by atoms with van der Waals surface area (Å²) in [4.78, 5) is 6.70. The minimum atomic E-state index is -0.661. The molecule has 36 heavy (non-hydrogen) atoms. The van der Waals surface area contributed by atoms with Gasteiger partial charge in [-0.25, -0.2) is 0 Å². The summed E-state index contributed by atoms with van der Waals surface area (Å²) < 4.78 is 27.0. The van der Waals surface area contributed by atoms with Crippen molar-refractivity contribution in [1.82, 2.24) is 15.0 Å². The number of methoxy groups -OCH3 is 3. The lowest BCUT2D eigenvalue weighted by Gasteiger charge is -2.24. The van der Waals surface area contributed by atoms with E-state index in [1.165, 1.54) is 5.56 Å². The SMILES string of the molecule is C#CCOCC(O)CN(CCc1ccccc1)CCc1nc(-c2cc(OC)c(OC)c(OC)c2)no1. The molecule has 1 unspecified atom stereocenters. The Hall–Kier alpha value is -3.58. The van der Waals surface area contributed by atoms with Gasteiger partial charge in [0.2, 0.25) is 17.5 Å². The smallest absolute Gasteiger partial charge is 0.228 e. The van der Waals surface area contributed by atoms with Crippen LogP contribution in [0, 0.1) is 12.3 Å². The number of nitrogens with zero attached hydrogens (tertiary/aromatic N) is 3. The van der Waals surface area contributed by atoms with Crippen molar-refractivity contribution in [3.8, 4) is 41.0 Å². The fourth-order valence-electron chi connectivity index (χ4n) is 3.77. The van der Waals surface area contributed by atoms with Gasteiger partial charge in [0.15, 0.2) is 11.5 Å². The number of hydrogen-bond donors (Lipinski definition) is 1. The van der Waals surface area contributed by atoms with Crippen LogP contribution in [0.2, 0.25) is 0 Å². The van der Waals surface area contributed by atoms with E-state index in [0.29, 0.717) is 54.0 Å². The zero-order valence-corrected chi connectivity index (χ0v) is 21.0. The molecule has 3 aromatic rings. The zero-order chi connectivity index (χ0) is 25.8. The molecule has 0 saturated heterocycles. The van der Waals surface area contributed by atoms with Crippen LogP contribution >= 0.6 is 0 Å². The van der Waals surface area contributed by atoms with Gasteiger partial charge in [-0.15, -0.1) is 6.42 Å². The Kier molecular flexibility index (Phi) is 10.6. The number of rotatable bonds is 15. The van der Waals surface area contributed by atoms with Crippen LogP contribution in [0.25, 0.3) is 11.4 Å². The van der Waals surface area contributed by atoms with Gasteiger partial charge in [0, 0.05) is 31.6 Å². The normalized spacial score (nSPS) is 11.8. The first-order valence-electron chi connectivity index (χ1n) is 11.7. The van der Waals surface area contributed by atoms with Crippen molar-refractivity contribution >= 4 is 0 Å². The van der Waals surface area contributed by atoms with E-state index in [4.69, 9.17) is 29.9 Å². The maximum atomic E-state index is 10.4. The van der Waals surface area contributed by atoms with Gasteiger partial charge in [-0.3, -0.25) is 4.90 Å². The first-order chi connectivity index (χ1) is 17.6. The van der Waals surface area contributed by atoms with Crippen molar-refractivity contribution in [2.75, 3.05) is 54.2 Å². The third-order valence-corrected chi connectivity index (χ3v) is 5.56. The number of ether oxygens (including phenoxy) is 4. The van der Waals surface area contributed by atoms with Crippen molar-refractivity contribution in [1.29, 1.82) is 0 Å². The first-order valence-corrected chi connectivity index (χ1v) is 11.7. The molecule has 0 spiro atoms. The summed E-state index contributed by atoms with van der Waals surface area (Å²) in [6.45, 7) is 2.16. The third kappa shape index (κ3) is 7.71. The predicted molar refractivity (Wildman–Crippen MR) is 135 cm³/mol. The van der Waals surface area contributed by atoms with Gasteiger partial charge in [-0.05, 0) is 24.1 Å². The van der Waals surface area contributed by atoms with E-state index in [1.807, 2.05) is 18.2 Å². The molecule has 1 N–H and O–H groups in total. The Balaban J connectivity index is 1.67. The van der Waals surface area contributed by atoms with E-state index in [0.717, 1.165) is 13.0 Å². The topological polar surface area (TPSA) is 99.3 Å². The van der Waals surface area contributed by atoms with Gasteiger partial charge in [-0.2, -0.15) is 4.98 Å². The Labute approximate surface area is 211 Å². The molecular weight excluding hydrogens is 462 g/mol. The highest BCUT2D eigenvalue weighted by molar-refractivity contribution is 5.66. The fraction of sp³-hybridized carbons (Fsp3) is 0.407. The molecule has 9 heteroatoms. The number of aromatic nitrogens is 2. The van der Waals surface area contributed by atoms with Gasteiger partial charge in [-0.1, -0.05) is 41.4 Å². The Bertz CT molecular complexity index is 1090. The summed E-state index contributed by atoms with van der Waals surface area (Å²) in [7, 11) is 4.66. The van der Waals surface area contributed by atoms with Crippen molar-refractivity contribution in [2.45, 2.75) is 18.9 Å². The van der Waals surface area contributed by atoms with Gasteiger partial charge in [0.05, 0.1) is 34.0 Å². The second-order valence-corrected chi connectivity index (χ2v) is 8.09. The Morgan fingerprint density at radius 3 is 2.36 bits per heavy atom. The van der Waals surface area contributed by atoms with E-state index in [1.54, 1.807) is 33.5 Å². The van der Waals surface area contributed by atoms with E-state index < -0.39 is 6.10 Å². The molecule has 0 aliphatic rings. The number of terminal acetylenes is 1. The molecule has 2 aromatic carbocycles. The van der Waals surface area contributed by atoms with Crippen LogP contribution in [-0.2, 0) is 17.6 Å². The molecule has 192 valence electrons. The van der Waals surface area contributed by atoms with Gasteiger partial charge >= 0.3 is 0 Å². The van der Waals surface area contributed by atoms with Gasteiger partial charge < -0.3 is 28.6 Å². The lowest BCUT2D eigenvalue weighted by molar-refractivity contribution is 0.0278. The Morgan fingerprint density at radius 1 is 1.03 bits per heavy atom. The third-order valence-electron chi connectivity index (χ3n) is 5.56. The van der Waals surface area contributed by atoms with Crippen molar-refractivity contribution in [2.24, 2.45) is 0 Å². The van der Waals surface area contributed by atoms with Crippen LogP contribution in [-0.4, -0.2) is 80.4 Å². The summed E-state index contributed by atoms with van der Waals surface area (Å²) in [6, 6.07) is 13.8. The van der Waals surface area contributed by atoms with E-state index in [2.05, 4.69) is 33.1 Å². The molecule has 0 amide bonds. The molecule has 0 saturated carbocycles. The average Bonchev–Trinajstić information content (AvgIpc) is 3.39. The van der Waals surface area contributed by atoms with Crippen molar-refractivity contribution in [3.05, 3.63) is 53.9 Å². The number of aliphatic hydroxyl groups excluding tert-OH is 1. The van der Waals surface area contributed by atoms with Crippen LogP contribution in [0.5, 0.6) is 17.2 Å². The maximum absolute atomic E-state index is 10.4. The minimum absolute atomic E-state index is 0.173. The van der Waals surface area contributed by atoms with Crippen LogP contribution in [0.1, 0.15) is 11.5 Å². The highest BCUT2D eigenvalue weighted by Crippen LogP contribution is 2.40. The van der Waals surface area contributed by atoms with Crippen molar-refractivity contribution in [3.63, 3.8) is 0 Å². The average molecular weight is 496 g/mol. The second kappa shape index (κ2) is 14.1. The molecule has 0 fully saturated rings. The molecule has 1 aromatic heterocycles. The van der Waals surface area contributed by atoms with Crippen LogP contribution in [0.15, 0.2) is 47.0 Å². The summed E-state index contributed by atoms with van der Waals surface area (Å²) in [5, 5.41) is 14.5. The van der Waals surface area contributed by atoms with Crippen molar-refractivity contribution < 1.29 is 28.6 Å². The highest BCUT2D eigenvalue weighted by Gasteiger charge is 2.18. The second-order valence-electron chi connectivity index (χ2n) is 8.09. The first kappa shape index (κ1) is 27.0. The Morgan fingerprint density at radius 2 is 1.72 bits per heavy atom. The van der Waals surface area contributed by atoms with Crippen LogP contribution < -0.4 is 14.2 Å². The molecule has 9 nitrogen and oxygen atoms in total. The molecular formula is C27H33N3O6. The zero-order valence-electron chi connectivity index (χ0n) is 21.0. The van der Waals surface area contributed by atoms with Crippen LogP contribution in [0.4, 0.5) is 0 Å². The lowest BCUT2D eigenvalue weighted by atomic mass is 10.1. The lowest BCUT2D eigenvalue weighted by Crippen LogP contribution is -2.37. The van der Waals surface area contributed by atoms with E-state index >= 15 is 0 Å². The molecule has 1 heterocycles. The molecule has 3 rings (SSSR count). The number of benzene rings is 2. The number of hydrogen-bond acceptors (Lipinski definition) is 9. The maximum Gasteiger partial charge on any atom is 0.228 e. The standard InChI is InChI=1S/C27H33N3O6/c1-5-15-35-19-22(31)18-30(13-11-20-9-7-6-8-10-20)14-12-25-28-27(29-36-25)21-16-23(32-2)26(34-4)24(17-21)33-3/h1,6-10,16-17,22,31H,11-15,18-19H2,2-4H3. The summed E-state index contributed by atoms with van der Waals surface area (Å²) >= 11 is 0. The summed E-state index contributed by atoms with van der Waals surface area (Å²) in [5.41, 5.74) is 1.91. The molecule has 0 bridgehead atoms. The number of aliphatic hydroxyl groups is 1. The largest absolute Gasteiger partial charge is 0.493 e.